The van der Waals surface area contributed by atoms with Crippen molar-refractivity contribution in [2.24, 2.45) is 0 Å². The molecule has 8 nitrogen and oxygen atoms in total. The van der Waals surface area contributed by atoms with E-state index in [9.17, 15) is 9.18 Å². The third-order valence-electron chi connectivity index (χ3n) is 4.50. The summed E-state index contributed by atoms with van der Waals surface area (Å²) in [5.41, 5.74) is 0.678. The van der Waals surface area contributed by atoms with E-state index in [1.54, 1.807) is 12.4 Å². The molecule has 0 aliphatic carbocycles. The number of thiazole rings is 1. The number of rotatable bonds is 5. The van der Waals surface area contributed by atoms with Crippen molar-refractivity contribution in [2.45, 2.75) is 39.0 Å². The van der Waals surface area contributed by atoms with Gasteiger partial charge in [-0.15, -0.1) is 0 Å². The highest BCUT2D eigenvalue weighted by Gasteiger charge is 2.32. The number of hydrogen-bond donors (Lipinski definition) is 1. The predicted molar refractivity (Wildman–Crippen MR) is 98.3 cm³/mol. The first-order valence-electron chi connectivity index (χ1n) is 8.60. The molecular weight excluding hydrogens is 371 g/mol. The number of carbonyl (C=O) groups excluding carboxylic acids is 1. The summed E-state index contributed by atoms with van der Waals surface area (Å²) in [6.07, 6.45) is 7.79. The zero-order valence-electron chi connectivity index (χ0n) is 14.9. The summed E-state index contributed by atoms with van der Waals surface area (Å²) in [4.78, 5) is 26.1. The lowest BCUT2D eigenvalue weighted by atomic mass is 10.2. The second kappa shape index (κ2) is 7.20. The lowest BCUT2D eigenvalue weighted by Crippen LogP contribution is -2.28. The summed E-state index contributed by atoms with van der Waals surface area (Å²) in [5.74, 6) is -0.304. The number of amides is 1. The maximum atomic E-state index is 14.1. The van der Waals surface area contributed by atoms with Gasteiger partial charge in [-0.05, 0) is 6.92 Å². The number of nitrogens with one attached hydrogen (secondary N) is 1. The van der Waals surface area contributed by atoms with Crippen LogP contribution >= 0.6 is 11.3 Å². The Bertz CT molecular complexity index is 973. The van der Waals surface area contributed by atoms with Gasteiger partial charge in [-0.1, -0.05) is 11.3 Å². The SMILES string of the molecule is CC(=O)Nc1nc(F)c(CN2CC(Oc3nccn4ccnc34)CC2C)s1. The number of hydrogen-bond acceptors (Lipinski definition) is 7. The molecule has 3 aromatic heterocycles. The van der Waals surface area contributed by atoms with Crippen molar-refractivity contribution in [3.63, 3.8) is 0 Å². The van der Waals surface area contributed by atoms with Gasteiger partial charge >= 0.3 is 0 Å². The minimum Gasteiger partial charge on any atom is -0.470 e. The molecule has 1 fully saturated rings. The lowest BCUT2D eigenvalue weighted by Gasteiger charge is -2.19. The van der Waals surface area contributed by atoms with E-state index >= 15 is 0 Å². The van der Waals surface area contributed by atoms with Crippen LogP contribution in [0.3, 0.4) is 0 Å². The van der Waals surface area contributed by atoms with Gasteiger partial charge in [0.05, 0.1) is 4.88 Å². The van der Waals surface area contributed by atoms with Crippen LogP contribution in [0.2, 0.25) is 0 Å². The highest BCUT2D eigenvalue weighted by molar-refractivity contribution is 7.15. The monoisotopic (exact) mass is 390 g/mol. The first kappa shape index (κ1) is 17.8. The number of imidazole rings is 1. The largest absolute Gasteiger partial charge is 0.470 e. The molecule has 3 aromatic rings. The van der Waals surface area contributed by atoms with Crippen LogP contribution in [0, 0.1) is 5.95 Å². The number of aromatic nitrogens is 4. The molecular formula is C17H19FN6O2S. The Morgan fingerprint density at radius 1 is 1.41 bits per heavy atom. The summed E-state index contributed by atoms with van der Waals surface area (Å²) < 4.78 is 22.0. The standard InChI is InChI=1S/C17H19FN6O2S/c1-10-7-12(26-16-15-19-3-5-23(15)6-4-20-16)8-24(10)9-13-14(18)22-17(27-13)21-11(2)25/h3-6,10,12H,7-9H2,1-2H3,(H,21,22,25). The summed E-state index contributed by atoms with van der Waals surface area (Å²) in [7, 11) is 0. The van der Waals surface area contributed by atoms with Crippen LogP contribution in [0.15, 0.2) is 24.8 Å². The quantitative estimate of drug-likeness (QED) is 0.720. The van der Waals surface area contributed by atoms with Gasteiger partial charge in [-0.25, -0.2) is 9.97 Å². The average molecular weight is 390 g/mol. The van der Waals surface area contributed by atoms with E-state index in [1.807, 2.05) is 16.8 Å². The molecule has 10 heteroatoms. The third-order valence-corrected chi connectivity index (χ3v) is 5.43. The molecule has 1 aliphatic heterocycles. The van der Waals surface area contributed by atoms with Gasteiger partial charge < -0.3 is 14.5 Å². The van der Waals surface area contributed by atoms with E-state index in [0.717, 1.165) is 17.8 Å². The van der Waals surface area contributed by atoms with Crippen LogP contribution in [-0.4, -0.2) is 48.9 Å². The number of ether oxygens (including phenoxy) is 1. The van der Waals surface area contributed by atoms with E-state index < -0.39 is 5.95 Å². The second-order valence-electron chi connectivity index (χ2n) is 6.56. The second-order valence-corrected chi connectivity index (χ2v) is 7.64. The fourth-order valence-electron chi connectivity index (χ4n) is 3.24. The minimum absolute atomic E-state index is 0.0544. The molecule has 27 heavy (non-hydrogen) atoms. The molecule has 4 rings (SSSR count). The molecule has 2 atom stereocenters. The van der Waals surface area contributed by atoms with Gasteiger partial charge in [0.25, 0.3) is 5.88 Å². The van der Waals surface area contributed by atoms with E-state index in [4.69, 9.17) is 4.74 Å². The van der Waals surface area contributed by atoms with E-state index in [0.29, 0.717) is 29.5 Å². The van der Waals surface area contributed by atoms with Gasteiger partial charge in [0, 0.05) is 57.3 Å². The third kappa shape index (κ3) is 3.76. The Kier molecular flexibility index (Phi) is 4.75. The van der Waals surface area contributed by atoms with Gasteiger partial charge in [-0.2, -0.15) is 9.37 Å². The van der Waals surface area contributed by atoms with Crippen molar-refractivity contribution in [1.29, 1.82) is 0 Å². The van der Waals surface area contributed by atoms with Gasteiger partial charge in [0.1, 0.15) is 6.10 Å². The number of anilines is 1. The number of fused-ring (bicyclic) bond motifs is 1. The summed E-state index contributed by atoms with van der Waals surface area (Å²) in [5, 5.41) is 2.81. The number of halogens is 1. The molecule has 0 saturated carbocycles. The fourth-order valence-corrected chi connectivity index (χ4v) is 4.16. The number of likely N-dealkylation sites (tertiary alicyclic amines) is 1. The van der Waals surface area contributed by atoms with E-state index in [-0.39, 0.29) is 23.2 Å². The summed E-state index contributed by atoms with van der Waals surface area (Å²) in [6, 6.07) is 0.222. The van der Waals surface area contributed by atoms with Gasteiger partial charge in [0.2, 0.25) is 11.9 Å². The maximum absolute atomic E-state index is 14.1. The highest BCUT2D eigenvalue weighted by atomic mass is 32.1. The van der Waals surface area contributed by atoms with Gasteiger partial charge in [0.15, 0.2) is 10.8 Å². The smallest absolute Gasteiger partial charge is 0.258 e. The molecule has 142 valence electrons. The zero-order valence-corrected chi connectivity index (χ0v) is 15.7. The first-order chi connectivity index (χ1) is 13.0. The Labute approximate surface area is 159 Å². The van der Waals surface area contributed by atoms with Crippen LogP contribution in [0.5, 0.6) is 5.88 Å². The van der Waals surface area contributed by atoms with Crippen molar-refractivity contribution in [3.8, 4) is 5.88 Å². The Morgan fingerprint density at radius 3 is 2.96 bits per heavy atom. The van der Waals surface area contributed by atoms with Crippen LogP contribution < -0.4 is 10.1 Å². The maximum Gasteiger partial charge on any atom is 0.258 e. The van der Waals surface area contributed by atoms with Gasteiger partial charge in [-0.3, -0.25) is 9.69 Å². The molecule has 2 unspecified atom stereocenters. The van der Waals surface area contributed by atoms with E-state index in [2.05, 4.69) is 32.1 Å². The summed E-state index contributed by atoms with van der Waals surface area (Å²) >= 11 is 1.16. The highest BCUT2D eigenvalue weighted by Crippen LogP contribution is 2.29. The summed E-state index contributed by atoms with van der Waals surface area (Å²) in [6.45, 7) is 4.53. The fraction of sp³-hybridized carbons (Fsp3) is 0.412. The van der Waals surface area contributed by atoms with Crippen LogP contribution in [0.25, 0.3) is 5.65 Å². The number of nitrogens with zero attached hydrogens (tertiary/aromatic N) is 5. The molecule has 1 aliphatic rings. The minimum atomic E-state index is -0.538. The van der Waals surface area contributed by atoms with Crippen molar-refractivity contribution in [1.82, 2.24) is 24.3 Å². The van der Waals surface area contributed by atoms with Crippen LogP contribution in [0.1, 0.15) is 25.1 Å². The first-order valence-corrected chi connectivity index (χ1v) is 9.42. The topological polar surface area (TPSA) is 84.7 Å². The van der Waals surface area contributed by atoms with Crippen LogP contribution in [-0.2, 0) is 11.3 Å². The van der Waals surface area contributed by atoms with E-state index in [1.165, 1.54) is 6.92 Å². The molecule has 1 saturated heterocycles. The average Bonchev–Trinajstić information content (AvgIpc) is 3.29. The van der Waals surface area contributed by atoms with Crippen molar-refractivity contribution in [2.75, 3.05) is 11.9 Å². The predicted octanol–water partition coefficient (Wildman–Crippen LogP) is 2.33. The Hall–Kier alpha value is -2.59. The molecule has 0 radical (unpaired) electrons. The molecule has 1 N–H and O–H groups in total. The van der Waals surface area contributed by atoms with Crippen molar-refractivity contribution in [3.05, 3.63) is 35.6 Å². The molecule has 0 aromatic carbocycles. The molecule has 4 heterocycles. The Balaban J connectivity index is 1.43. The van der Waals surface area contributed by atoms with Crippen molar-refractivity contribution < 1.29 is 13.9 Å². The number of carbonyl (C=O) groups is 1. The molecule has 1 amide bonds. The Morgan fingerprint density at radius 2 is 2.19 bits per heavy atom. The van der Waals surface area contributed by atoms with Crippen LogP contribution in [0.4, 0.5) is 9.52 Å². The zero-order chi connectivity index (χ0) is 19.0. The molecule has 0 spiro atoms. The lowest BCUT2D eigenvalue weighted by molar-refractivity contribution is -0.114. The van der Waals surface area contributed by atoms with Crippen molar-refractivity contribution >= 4 is 28.0 Å². The molecule has 0 bridgehead atoms. The normalized spacial score (nSPS) is 20.3.